The molecule has 29 heavy (non-hydrogen) atoms. The first-order chi connectivity index (χ1) is 13.9. The molecule has 0 spiro atoms. The number of non-ortho nitro benzene ring substituents is 1. The van der Waals surface area contributed by atoms with Gasteiger partial charge in [0.2, 0.25) is 5.91 Å². The van der Waals surface area contributed by atoms with Crippen LogP contribution >= 0.6 is 11.8 Å². The summed E-state index contributed by atoms with van der Waals surface area (Å²) >= 11 is 1.25. The number of thioether (sulfide) groups is 1. The van der Waals surface area contributed by atoms with Gasteiger partial charge in [0, 0.05) is 17.0 Å². The number of nitrogens with zero attached hydrogens (tertiary/aromatic N) is 1. The molecular weight excluding hydrogens is 396 g/mol. The van der Waals surface area contributed by atoms with Gasteiger partial charge in [-0.2, -0.15) is 0 Å². The summed E-state index contributed by atoms with van der Waals surface area (Å²) in [5.41, 5.74) is 0.720. The molecule has 0 radical (unpaired) electrons. The zero-order chi connectivity index (χ0) is 21.2. The summed E-state index contributed by atoms with van der Waals surface area (Å²) < 4.78 is 10.2. The molecule has 1 amide bonds. The topological polar surface area (TPSA) is 108 Å². The van der Waals surface area contributed by atoms with Crippen molar-refractivity contribution in [1.29, 1.82) is 0 Å². The fourth-order valence-corrected chi connectivity index (χ4v) is 3.26. The van der Waals surface area contributed by atoms with E-state index in [9.17, 15) is 19.7 Å². The maximum absolute atomic E-state index is 12.4. The summed E-state index contributed by atoms with van der Waals surface area (Å²) in [4.78, 5) is 35.4. The summed E-state index contributed by atoms with van der Waals surface area (Å²) in [6.07, 6.45) is -0.00501. The second-order valence-electron chi connectivity index (χ2n) is 5.95. The Kier molecular flexibility index (Phi) is 8.47. The van der Waals surface area contributed by atoms with Gasteiger partial charge < -0.3 is 14.8 Å². The molecule has 0 heterocycles. The molecule has 2 rings (SSSR count). The zero-order valence-electron chi connectivity index (χ0n) is 16.1. The molecule has 0 aromatic heterocycles. The Morgan fingerprint density at radius 3 is 2.55 bits per heavy atom. The van der Waals surface area contributed by atoms with Gasteiger partial charge in [0.15, 0.2) is 0 Å². The number of hydrogen-bond donors (Lipinski definition) is 1. The Morgan fingerprint density at radius 2 is 1.93 bits per heavy atom. The Hall–Kier alpha value is -3.07. The highest BCUT2D eigenvalue weighted by Crippen LogP contribution is 2.24. The minimum absolute atomic E-state index is 0.00501. The molecule has 2 aromatic rings. The third-order valence-corrected chi connectivity index (χ3v) is 4.94. The van der Waals surface area contributed by atoms with Crippen LogP contribution in [0.3, 0.4) is 0 Å². The average molecular weight is 418 g/mol. The summed E-state index contributed by atoms with van der Waals surface area (Å²) in [6, 6.07) is 12.5. The number of hydrogen-bond acceptors (Lipinski definition) is 7. The first-order valence-corrected chi connectivity index (χ1v) is 9.87. The van der Waals surface area contributed by atoms with Gasteiger partial charge in [-0.05, 0) is 36.8 Å². The van der Waals surface area contributed by atoms with Crippen molar-refractivity contribution in [2.24, 2.45) is 0 Å². The number of nitro groups is 1. The van der Waals surface area contributed by atoms with Crippen LogP contribution in [-0.2, 0) is 14.3 Å². The molecule has 0 fully saturated rings. The van der Waals surface area contributed by atoms with E-state index in [1.807, 2.05) is 0 Å². The minimum Gasteiger partial charge on any atom is -0.497 e. The van der Waals surface area contributed by atoms with Gasteiger partial charge >= 0.3 is 5.97 Å². The van der Waals surface area contributed by atoms with E-state index in [1.165, 1.54) is 23.9 Å². The molecule has 1 unspecified atom stereocenters. The van der Waals surface area contributed by atoms with Crippen molar-refractivity contribution in [2.75, 3.05) is 19.5 Å². The normalized spacial score (nSPS) is 11.4. The lowest BCUT2D eigenvalue weighted by molar-refractivity contribution is -0.384. The Bertz CT molecular complexity index is 856. The van der Waals surface area contributed by atoms with E-state index in [1.54, 1.807) is 50.4 Å². The van der Waals surface area contributed by atoms with Crippen molar-refractivity contribution in [2.45, 2.75) is 24.3 Å². The van der Waals surface area contributed by atoms with Gasteiger partial charge in [0.1, 0.15) is 5.75 Å². The molecule has 0 aliphatic rings. The number of ether oxygens (including phenoxy) is 2. The number of methoxy groups -OCH3 is 1. The highest BCUT2D eigenvalue weighted by atomic mass is 32.2. The largest absolute Gasteiger partial charge is 0.497 e. The van der Waals surface area contributed by atoms with Gasteiger partial charge in [-0.15, -0.1) is 11.8 Å². The Balaban J connectivity index is 2.03. The van der Waals surface area contributed by atoms with Gasteiger partial charge in [-0.3, -0.25) is 19.7 Å². The number of benzene rings is 2. The Labute approximate surface area is 172 Å². The van der Waals surface area contributed by atoms with Crippen LogP contribution < -0.4 is 10.1 Å². The van der Waals surface area contributed by atoms with E-state index in [2.05, 4.69) is 5.32 Å². The van der Waals surface area contributed by atoms with E-state index >= 15 is 0 Å². The first kappa shape index (κ1) is 22.2. The lowest BCUT2D eigenvalue weighted by atomic mass is 10.0. The van der Waals surface area contributed by atoms with Crippen molar-refractivity contribution in [3.8, 4) is 5.75 Å². The summed E-state index contributed by atoms with van der Waals surface area (Å²) in [7, 11) is 1.54. The molecule has 0 saturated heterocycles. The summed E-state index contributed by atoms with van der Waals surface area (Å²) in [5, 5.41) is 13.6. The van der Waals surface area contributed by atoms with Gasteiger partial charge in [-0.25, -0.2) is 0 Å². The van der Waals surface area contributed by atoms with Crippen LogP contribution in [0.15, 0.2) is 53.4 Å². The number of esters is 1. The van der Waals surface area contributed by atoms with Gasteiger partial charge in [-0.1, -0.05) is 12.1 Å². The molecule has 154 valence electrons. The number of nitro benzene ring substituents is 1. The summed E-state index contributed by atoms with van der Waals surface area (Å²) in [5.74, 6) is 0.0289. The van der Waals surface area contributed by atoms with E-state index in [-0.39, 0.29) is 30.4 Å². The number of carbonyl (C=O) groups excluding carboxylic acids is 2. The third kappa shape index (κ3) is 7.11. The van der Waals surface area contributed by atoms with E-state index in [0.29, 0.717) is 5.75 Å². The maximum Gasteiger partial charge on any atom is 0.308 e. The lowest BCUT2D eigenvalue weighted by Gasteiger charge is -2.19. The van der Waals surface area contributed by atoms with Crippen LogP contribution in [0.1, 0.15) is 24.9 Å². The second kappa shape index (κ2) is 11.1. The number of carbonyl (C=O) groups is 2. The van der Waals surface area contributed by atoms with Crippen LogP contribution in [0, 0.1) is 10.1 Å². The fraction of sp³-hybridized carbons (Fsp3) is 0.300. The molecule has 1 N–H and O–H groups in total. The van der Waals surface area contributed by atoms with Crippen LogP contribution in [0.4, 0.5) is 5.69 Å². The van der Waals surface area contributed by atoms with Crippen molar-refractivity contribution >= 4 is 29.3 Å². The highest BCUT2D eigenvalue weighted by Gasteiger charge is 2.20. The van der Waals surface area contributed by atoms with Crippen LogP contribution in [0.5, 0.6) is 5.75 Å². The van der Waals surface area contributed by atoms with Crippen molar-refractivity contribution < 1.29 is 24.0 Å². The molecule has 1 atom stereocenters. The molecule has 2 aromatic carbocycles. The maximum atomic E-state index is 12.4. The monoisotopic (exact) mass is 418 g/mol. The highest BCUT2D eigenvalue weighted by molar-refractivity contribution is 8.00. The van der Waals surface area contributed by atoms with Crippen molar-refractivity contribution in [1.82, 2.24) is 5.32 Å². The van der Waals surface area contributed by atoms with Crippen LogP contribution in [-0.4, -0.2) is 36.3 Å². The molecule has 0 saturated carbocycles. The third-order valence-electron chi connectivity index (χ3n) is 3.92. The number of rotatable bonds is 10. The van der Waals surface area contributed by atoms with E-state index < -0.39 is 16.9 Å². The zero-order valence-corrected chi connectivity index (χ0v) is 16.9. The number of amides is 1. The van der Waals surface area contributed by atoms with Gasteiger partial charge in [0.25, 0.3) is 5.69 Å². The smallest absolute Gasteiger partial charge is 0.308 e. The van der Waals surface area contributed by atoms with Gasteiger partial charge in [0.05, 0.1) is 36.9 Å². The molecule has 9 heteroatoms. The molecule has 0 aliphatic carbocycles. The van der Waals surface area contributed by atoms with Crippen molar-refractivity contribution in [3.63, 3.8) is 0 Å². The molecule has 0 aliphatic heterocycles. The SMILES string of the molecule is CCOC(=O)CC(NC(=O)CSc1ccc([N+](=O)[O-])cc1)c1cccc(OC)c1. The summed E-state index contributed by atoms with van der Waals surface area (Å²) in [6.45, 7) is 1.98. The van der Waals surface area contributed by atoms with Crippen molar-refractivity contribution in [3.05, 3.63) is 64.2 Å². The minimum atomic E-state index is -0.561. The standard InChI is InChI=1S/C20H22N2O6S/c1-3-28-20(24)12-18(14-5-4-6-16(11-14)27-2)21-19(23)13-29-17-9-7-15(8-10-17)22(25)26/h4-11,18H,3,12-13H2,1-2H3,(H,21,23). The number of nitrogens with one attached hydrogen (secondary N) is 1. The predicted octanol–water partition coefficient (Wildman–Crippen LogP) is 3.51. The quantitative estimate of drug-likeness (QED) is 0.272. The predicted molar refractivity (Wildman–Crippen MR) is 109 cm³/mol. The van der Waals surface area contributed by atoms with E-state index in [0.717, 1.165) is 10.5 Å². The molecule has 0 bridgehead atoms. The average Bonchev–Trinajstić information content (AvgIpc) is 2.72. The Morgan fingerprint density at radius 1 is 1.21 bits per heavy atom. The van der Waals surface area contributed by atoms with Crippen LogP contribution in [0.25, 0.3) is 0 Å². The fourth-order valence-electron chi connectivity index (χ4n) is 2.55. The molecule has 8 nitrogen and oxygen atoms in total. The van der Waals surface area contributed by atoms with Crippen LogP contribution in [0.2, 0.25) is 0 Å². The second-order valence-corrected chi connectivity index (χ2v) is 6.99. The lowest BCUT2D eigenvalue weighted by Crippen LogP contribution is -2.32. The first-order valence-electron chi connectivity index (χ1n) is 8.89. The van der Waals surface area contributed by atoms with E-state index in [4.69, 9.17) is 9.47 Å². The molecular formula is C20H22N2O6S.